The van der Waals surface area contributed by atoms with Crippen molar-refractivity contribution in [3.63, 3.8) is 0 Å². The fraction of sp³-hybridized carbons (Fsp3) is 0.273. The Hall–Kier alpha value is -1.19. The van der Waals surface area contributed by atoms with Crippen LogP contribution in [0.2, 0.25) is 5.02 Å². The van der Waals surface area contributed by atoms with Crippen LogP contribution >= 0.6 is 11.6 Å². The highest BCUT2D eigenvalue weighted by Gasteiger charge is 2.08. The number of hydrogen-bond donors (Lipinski definition) is 2. The molecule has 0 fully saturated rings. The second-order valence-electron chi connectivity index (χ2n) is 3.04. The lowest BCUT2D eigenvalue weighted by atomic mass is 10.2. The van der Waals surface area contributed by atoms with Gasteiger partial charge in [0.05, 0.1) is 7.11 Å². The molecule has 0 amide bonds. The topological polar surface area (TPSA) is 41.5 Å². The van der Waals surface area contributed by atoms with Crippen molar-refractivity contribution in [3.05, 3.63) is 35.4 Å². The highest BCUT2D eigenvalue weighted by molar-refractivity contribution is 6.30. The maximum Gasteiger partial charge on any atom is 0.162 e. The van der Waals surface area contributed by atoms with Crippen LogP contribution in [0.1, 0.15) is 5.56 Å². The van der Waals surface area contributed by atoms with Crippen molar-refractivity contribution in [2.75, 3.05) is 13.7 Å². The molecule has 2 N–H and O–H groups in total. The summed E-state index contributed by atoms with van der Waals surface area (Å²) in [7, 11) is 1.49. The van der Waals surface area contributed by atoms with Gasteiger partial charge in [0.25, 0.3) is 0 Å². The van der Waals surface area contributed by atoms with Crippen molar-refractivity contribution in [1.29, 1.82) is 0 Å². The van der Waals surface area contributed by atoms with Gasteiger partial charge in [-0.1, -0.05) is 17.7 Å². The minimum atomic E-state index is 0.124. The molecule has 0 unspecified atom stereocenters. The van der Waals surface area contributed by atoms with Crippen molar-refractivity contribution in [1.82, 2.24) is 5.32 Å². The number of ether oxygens (including phenoxy) is 1. The molecule has 4 heteroatoms. The number of methoxy groups -OCH3 is 1. The van der Waals surface area contributed by atoms with Crippen LogP contribution in [-0.4, -0.2) is 18.8 Å². The van der Waals surface area contributed by atoms with Gasteiger partial charge < -0.3 is 15.2 Å². The van der Waals surface area contributed by atoms with Crippen LogP contribution in [0.25, 0.3) is 0 Å². The van der Waals surface area contributed by atoms with Crippen molar-refractivity contribution in [3.8, 4) is 11.5 Å². The molecule has 0 heterocycles. The molecule has 0 aromatic heterocycles. The zero-order valence-electron chi connectivity index (χ0n) is 8.59. The monoisotopic (exact) mass is 227 g/mol. The van der Waals surface area contributed by atoms with E-state index in [1.807, 2.05) is 0 Å². The number of hydrogen-bond acceptors (Lipinski definition) is 3. The Morgan fingerprint density at radius 3 is 2.93 bits per heavy atom. The van der Waals surface area contributed by atoms with Gasteiger partial charge in [0.2, 0.25) is 0 Å². The van der Waals surface area contributed by atoms with E-state index in [4.69, 9.17) is 16.3 Å². The smallest absolute Gasteiger partial charge is 0.162 e. The van der Waals surface area contributed by atoms with E-state index in [0.717, 1.165) is 0 Å². The van der Waals surface area contributed by atoms with Crippen LogP contribution in [0.3, 0.4) is 0 Å². The number of phenolic OH excluding ortho intramolecular Hbond substituents is 1. The highest BCUT2D eigenvalue weighted by atomic mass is 35.5. The Morgan fingerprint density at radius 1 is 1.60 bits per heavy atom. The lowest BCUT2D eigenvalue weighted by Gasteiger charge is -2.10. The SMILES string of the molecule is C=CCNCc1cc(Cl)cc(OC)c1O. The minimum absolute atomic E-state index is 0.124. The van der Waals surface area contributed by atoms with Gasteiger partial charge in [-0.15, -0.1) is 6.58 Å². The molecule has 0 aliphatic rings. The molecule has 0 atom stereocenters. The molecular weight excluding hydrogens is 214 g/mol. The maximum absolute atomic E-state index is 9.76. The van der Waals surface area contributed by atoms with E-state index in [1.165, 1.54) is 7.11 Å². The van der Waals surface area contributed by atoms with E-state index in [2.05, 4.69) is 11.9 Å². The lowest BCUT2D eigenvalue weighted by Crippen LogP contribution is -2.12. The van der Waals surface area contributed by atoms with E-state index >= 15 is 0 Å². The summed E-state index contributed by atoms with van der Waals surface area (Å²) < 4.78 is 4.99. The van der Waals surface area contributed by atoms with Gasteiger partial charge in [0.15, 0.2) is 11.5 Å². The van der Waals surface area contributed by atoms with E-state index in [0.29, 0.717) is 29.4 Å². The van der Waals surface area contributed by atoms with Crippen LogP contribution in [-0.2, 0) is 6.54 Å². The Kier molecular flexibility index (Phi) is 4.46. The van der Waals surface area contributed by atoms with Gasteiger partial charge in [0.1, 0.15) is 0 Å². The van der Waals surface area contributed by atoms with Gasteiger partial charge in [-0.3, -0.25) is 0 Å². The first kappa shape index (κ1) is 11.9. The fourth-order valence-electron chi connectivity index (χ4n) is 1.23. The van der Waals surface area contributed by atoms with Gasteiger partial charge in [-0.05, 0) is 6.07 Å². The number of phenols is 1. The van der Waals surface area contributed by atoms with Crippen molar-refractivity contribution < 1.29 is 9.84 Å². The average molecular weight is 228 g/mol. The summed E-state index contributed by atoms with van der Waals surface area (Å²) in [5.74, 6) is 0.511. The molecule has 1 aromatic carbocycles. The second-order valence-corrected chi connectivity index (χ2v) is 3.47. The lowest BCUT2D eigenvalue weighted by molar-refractivity contribution is 0.370. The Morgan fingerprint density at radius 2 is 2.33 bits per heavy atom. The van der Waals surface area contributed by atoms with E-state index < -0.39 is 0 Å². The molecular formula is C11H14ClNO2. The number of benzene rings is 1. The van der Waals surface area contributed by atoms with Crippen molar-refractivity contribution in [2.45, 2.75) is 6.54 Å². The minimum Gasteiger partial charge on any atom is -0.504 e. The summed E-state index contributed by atoms with van der Waals surface area (Å²) in [6.45, 7) is 4.79. The fourth-order valence-corrected chi connectivity index (χ4v) is 1.46. The van der Waals surface area contributed by atoms with Crippen LogP contribution in [0, 0.1) is 0 Å². The Bertz CT molecular complexity index is 353. The molecule has 1 aromatic rings. The predicted molar refractivity (Wildman–Crippen MR) is 61.6 cm³/mol. The average Bonchev–Trinajstić information content (AvgIpc) is 2.23. The van der Waals surface area contributed by atoms with E-state index in [9.17, 15) is 5.11 Å². The normalized spacial score (nSPS) is 10.0. The Labute approximate surface area is 94.3 Å². The summed E-state index contributed by atoms with van der Waals surface area (Å²) in [4.78, 5) is 0. The highest BCUT2D eigenvalue weighted by Crippen LogP contribution is 2.33. The predicted octanol–water partition coefficient (Wildman–Crippen LogP) is 2.33. The first-order chi connectivity index (χ1) is 7.19. The molecule has 15 heavy (non-hydrogen) atoms. The molecule has 0 saturated heterocycles. The van der Waals surface area contributed by atoms with Crippen molar-refractivity contribution in [2.24, 2.45) is 0 Å². The summed E-state index contributed by atoms with van der Waals surface area (Å²) in [6, 6.07) is 3.28. The zero-order valence-corrected chi connectivity index (χ0v) is 9.34. The Balaban J connectivity index is 2.86. The van der Waals surface area contributed by atoms with Gasteiger partial charge in [-0.25, -0.2) is 0 Å². The molecule has 0 bridgehead atoms. The second kappa shape index (κ2) is 5.63. The van der Waals surface area contributed by atoms with Crippen LogP contribution in [0.5, 0.6) is 11.5 Å². The summed E-state index contributed by atoms with van der Waals surface area (Å²) >= 11 is 5.87. The number of nitrogens with one attached hydrogen (secondary N) is 1. The van der Waals surface area contributed by atoms with E-state index in [-0.39, 0.29) is 5.75 Å². The standard InChI is InChI=1S/C11H14ClNO2/c1-3-4-13-7-8-5-9(12)6-10(15-2)11(8)14/h3,5-6,13-14H,1,4,7H2,2H3. The third kappa shape index (κ3) is 3.15. The van der Waals surface area contributed by atoms with Gasteiger partial charge in [0, 0.05) is 29.7 Å². The third-order valence-corrected chi connectivity index (χ3v) is 2.16. The van der Waals surface area contributed by atoms with Crippen molar-refractivity contribution >= 4 is 11.6 Å². The van der Waals surface area contributed by atoms with Crippen LogP contribution in [0.4, 0.5) is 0 Å². The third-order valence-electron chi connectivity index (χ3n) is 1.94. The van der Waals surface area contributed by atoms with Gasteiger partial charge >= 0.3 is 0 Å². The molecule has 0 spiro atoms. The maximum atomic E-state index is 9.76. The van der Waals surface area contributed by atoms with E-state index in [1.54, 1.807) is 18.2 Å². The first-order valence-electron chi connectivity index (χ1n) is 4.56. The summed E-state index contributed by atoms with van der Waals surface area (Å²) in [6.07, 6.45) is 1.75. The van der Waals surface area contributed by atoms with Crippen LogP contribution in [0.15, 0.2) is 24.8 Å². The molecule has 0 aliphatic carbocycles. The van der Waals surface area contributed by atoms with Gasteiger partial charge in [-0.2, -0.15) is 0 Å². The zero-order chi connectivity index (χ0) is 11.3. The largest absolute Gasteiger partial charge is 0.504 e. The molecule has 82 valence electrons. The summed E-state index contributed by atoms with van der Waals surface area (Å²) in [5.41, 5.74) is 0.709. The first-order valence-corrected chi connectivity index (χ1v) is 4.93. The quantitative estimate of drug-likeness (QED) is 0.599. The molecule has 0 radical (unpaired) electrons. The summed E-state index contributed by atoms with van der Waals surface area (Å²) in [5, 5.41) is 13.4. The molecule has 0 saturated carbocycles. The van der Waals surface area contributed by atoms with Crippen LogP contribution < -0.4 is 10.1 Å². The molecule has 3 nitrogen and oxygen atoms in total. The number of halogens is 1. The molecule has 1 rings (SSSR count). The number of aromatic hydroxyl groups is 1. The number of rotatable bonds is 5. The molecule has 0 aliphatic heterocycles.